The maximum atomic E-state index is 14.8. The summed E-state index contributed by atoms with van der Waals surface area (Å²) in [6.07, 6.45) is 1.56. The van der Waals surface area contributed by atoms with Crippen molar-refractivity contribution in [1.82, 2.24) is 4.98 Å². The molecule has 2 aliphatic rings. The molecule has 8 heteroatoms. The lowest BCUT2D eigenvalue weighted by molar-refractivity contribution is -0.121. The summed E-state index contributed by atoms with van der Waals surface area (Å²) in [5.74, 6) is -1.47. The van der Waals surface area contributed by atoms with Crippen LogP contribution in [0.2, 0.25) is 0 Å². The Morgan fingerprint density at radius 3 is 2.42 bits per heavy atom. The monoisotopic (exact) mass is 531 g/mol. The van der Waals surface area contributed by atoms with Crippen molar-refractivity contribution in [2.75, 3.05) is 9.80 Å². The topological polar surface area (TPSA) is 83.7 Å². The highest BCUT2D eigenvalue weighted by molar-refractivity contribution is 6.24. The quantitative estimate of drug-likeness (QED) is 0.312. The molecule has 1 spiro atoms. The summed E-state index contributed by atoms with van der Waals surface area (Å²) in [6.45, 7) is 3.82. The van der Waals surface area contributed by atoms with Crippen LogP contribution in [0.25, 0.3) is 11.0 Å². The van der Waals surface area contributed by atoms with Gasteiger partial charge in [0.25, 0.3) is 11.8 Å². The zero-order chi connectivity index (χ0) is 27.8. The van der Waals surface area contributed by atoms with Gasteiger partial charge in [0, 0.05) is 11.8 Å². The zero-order valence-corrected chi connectivity index (χ0v) is 21.6. The summed E-state index contributed by atoms with van der Waals surface area (Å²) in [7, 11) is 0. The van der Waals surface area contributed by atoms with Gasteiger partial charge in [-0.3, -0.25) is 19.3 Å². The number of fused-ring (bicyclic) bond motifs is 5. The molecule has 4 heterocycles. The van der Waals surface area contributed by atoms with E-state index in [1.54, 1.807) is 72.9 Å². The number of aryl methyl sites for hydroxylation is 2. The lowest BCUT2D eigenvalue weighted by Gasteiger charge is -2.33. The maximum absolute atomic E-state index is 14.8. The first-order valence-corrected chi connectivity index (χ1v) is 12.8. The van der Waals surface area contributed by atoms with Gasteiger partial charge in [0.15, 0.2) is 11.0 Å². The highest BCUT2D eigenvalue weighted by Crippen LogP contribution is 2.54. The molecule has 7 nitrogen and oxygen atoms in total. The molecular weight excluding hydrogens is 509 g/mol. The minimum absolute atomic E-state index is 0.0297. The third-order valence-electron chi connectivity index (χ3n) is 7.66. The number of carbonyl (C=O) groups is 2. The first-order chi connectivity index (χ1) is 19.3. The number of rotatable bonds is 3. The smallest absolute Gasteiger partial charge is 0.297 e. The number of halogens is 1. The summed E-state index contributed by atoms with van der Waals surface area (Å²) in [4.78, 5) is 50.7. The van der Waals surface area contributed by atoms with Crippen molar-refractivity contribution in [2.24, 2.45) is 0 Å². The Hall–Kier alpha value is -5.11. The van der Waals surface area contributed by atoms with E-state index in [-0.39, 0.29) is 40.5 Å². The van der Waals surface area contributed by atoms with Crippen molar-refractivity contribution < 1.29 is 18.4 Å². The van der Waals surface area contributed by atoms with Crippen LogP contribution >= 0.6 is 0 Å². The van der Waals surface area contributed by atoms with Gasteiger partial charge in [-0.05, 0) is 67.4 Å². The number of anilines is 2. The predicted molar refractivity (Wildman–Crippen MR) is 148 cm³/mol. The fourth-order valence-electron chi connectivity index (χ4n) is 5.89. The second-order valence-electron chi connectivity index (χ2n) is 10.2. The Bertz CT molecular complexity index is 1950. The summed E-state index contributed by atoms with van der Waals surface area (Å²) < 4.78 is 19.8. The Labute approximate surface area is 228 Å². The van der Waals surface area contributed by atoms with Crippen LogP contribution in [-0.4, -0.2) is 16.8 Å². The molecule has 0 bridgehead atoms. The number of hydrogen-bond acceptors (Lipinski definition) is 5. The summed E-state index contributed by atoms with van der Waals surface area (Å²) in [5.41, 5.74) is 1.30. The fraction of sp³-hybridized carbons (Fsp3) is 0.125. The van der Waals surface area contributed by atoms with Gasteiger partial charge in [0.05, 0.1) is 23.2 Å². The minimum Gasteiger partial charge on any atom is -0.450 e. The van der Waals surface area contributed by atoms with Gasteiger partial charge in [-0.15, -0.1) is 0 Å². The van der Waals surface area contributed by atoms with E-state index in [9.17, 15) is 18.8 Å². The third kappa shape index (κ3) is 3.16. The highest BCUT2D eigenvalue weighted by Gasteiger charge is 2.66. The van der Waals surface area contributed by atoms with E-state index in [2.05, 4.69) is 4.98 Å². The molecule has 3 aromatic carbocycles. The molecule has 196 valence electrons. The molecule has 0 aliphatic carbocycles. The van der Waals surface area contributed by atoms with Crippen molar-refractivity contribution in [2.45, 2.75) is 25.9 Å². The van der Waals surface area contributed by atoms with Crippen LogP contribution in [0.3, 0.4) is 0 Å². The SMILES string of the molecule is Cc1ccnc(N2C(=O)c3oc4ccc(C)cc4c(=O)c3C23C(=O)N(Cc2ccc(F)cc2)c2ccccc23)c1. The van der Waals surface area contributed by atoms with E-state index in [0.717, 1.165) is 11.1 Å². The van der Waals surface area contributed by atoms with Crippen molar-refractivity contribution in [3.05, 3.63) is 135 Å². The van der Waals surface area contributed by atoms with Crippen LogP contribution in [0.5, 0.6) is 0 Å². The molecule has 2 aliphatic heterocycles. The Kier molecular flexibility index (Phi) is 5.06. The van der Waals surface area contributed by atoms with E-state index < -0.39 is 22.8 Å². The standard InChI is InChI=1S/C32H22FN3O4/c1-18-7-12-25-22(15-18)28(37)27-29(40-25)30(38)36(26-16-19(2)13-14-34-26)32(27)23-5-3-4-6-24(23)35(31(32)39)17-20-8-10-21(33)11-9-20/h3-16H,17H2,1-2H3. The van der Waals surface area contributed by atoms with Crippen LogP contribution in [0.4, 0.5) is 15.9 Å². The van der Waals surface area contributed by atoms with Gasteiger partial charge in [-0.2, -0.15) is 0 Å². The molecule has 40 heavy (non-hydrogen) atoms. The Morgan fingerprint density at radius 2 is 1.65 bits per heavy atom. The summed E-state index contributed by atoms with van der Waals surface area (Å²) in [6, 6.07) is 21.6. The normalized spacial score (nSPS) is 17.7. The van der Waals surface area contributed by atoms with E-state index in [1.807, 2.05) is 13.8 Å². The zero-order valence-electron chi connectivity index (χ0n) is 21.6. The number of benzene rings is 3. The van der Waals surface area contributed by atoms with Crippen molar-refractivity contribution in [1.29, 1.82) is 0 Å². The molecule has 0 radical (unpaired) electrons. The number of amides is 2. The molecule has 7 rings (SSSR count). The van der Waals surface area contributed by atoms with Crippen molar-refractivity contribution in [3.63, 3.8) is 0 Å². The average Bonchev–Trinajstić information content (AvgIpc) is 3.35. The minimum atomic E-state index is -1.84. The largest absolute Gasteiger partial charge is 0.450 e. The lowest BCUT2D eigenvalue weighted by Crippen LogP contribution is -2.54. The molecule has 1 atom stereocenters. The lowest BCUT2D eigenvalue weighted by atomic mass is 9.84. The van der Waals surface area contributed by atoms with Gasteiger partial charge in [-0.25, -0.2) is 9.37 Å². The summed E-state index contributed by atoms with van der Waals surface area (Å²) >= 11 is 0. The van der Waals surface area contributed by atoms with Crippen LogP contribution < -0.4 is 15.2 Å². The second kappa shape index (κ2) is 8.44. The molecule has 2 aromatic heterocycles. The highest BCUT2D eigenvalue weighted by atomic mass is 19.1. The molecule has 0 saturated carbocycles. The molecule has 5 aromatic rings. The number of aromatic nitrogens is 1. The Morgan fingerprint density at radius 1 is 0.900 bits per heavy atom. The second-order valence-corrected chi connectivity index (χ2v) is 10.2. The number of hydrogen-bond donors (Lipinski definition) is 0. The van der Waals surface area contributed by atoms with Gasteiger partial charge in [-0.1, -0.05) is 42.0 Å². The fourth-order valence-corrected chi connectivity index (χ4v) is 5.89. The number of nitrogens with zero attached hydrogens (tertiary/aromatic N) is 3. The van der Waals surface area contributed by atoms with Crippen molar-refractivity contribution in [3.8, 4) is 0 Å². The maximum Gasteiger partial charge on any atom is 0.297 e. The molecule has 0 fully saturated rings. The predicted octanol–water partition coefficient (Wildman–Crippen LogP) is 5.39. The van der Waals surface area contributed by atoms with Crippen LogP contribution in [0.1, 0.15) is 38.4 Å². The van der Waals surface area contributed by atoms with E-state index >= 15 is 0 Å². The van der Waals surface area contributed by atoms with Gasteiger partial charge in [0.1, 0.15) is 17.2 Å². The number of para-hydroxylation sites is 1. The van der Waals surface area contributed by atoms with Crippen molar-refractivity contribution >= 4 is 34.3 Å². The molecule has 1 unspecified atom stereocenters. The first-order valence-electron chi connectivity index (χ1n) is 12.8. The van der Waals surface area contributed by atoms with E-state index in [1.165, 1.54) is 21.9 Å². The number of pyridine rings is 1. The molecule has 2 amide bonds. The van der Waals surface area contributed by atoms with Crippen LogP contribution in [0, 0.1) is 19.7 Å². The van der Waals surface area contributed by atoms with E-state index in [0.29, 0.717) is 16.8 Å². The third-order valence-corrected chi connectivity index (χ3v) is 7.66. The van der Waals surface area contributed by atoms with Gasteiger partial charge >= 0.3 is 0 Å². The Balaban J connectivity index is 1.56. The molecule has 0 N–H and O–H groups in total. The average molecular weight is 532 g/mol. The molecule has 0 saturated heterocycles. The van der Waals surface area contributed by atoms with Crippen LogP contribution in [0.15, 0.2) is 94.3 Å². The first kappa shape index (κ1) is 24.0. The van der Waals surface area contributed by atoms with Gasteiger partial charge < -0.3 is 9.32 Å². The summed E-state index contributed by atoms with van der Waals surface area (Å²) in [5, 5.41) is 0.284. The van der Waals surface area contributed by atoms with Crippen LogP contribution in [-0.2, 0) is 16.9 Å². The molecular formula is C32H22FN3O4. The van der Waals surface area contributed by atoms with Gasteiger partial charge in [0.2, 0.25) is 5.76 Å². The van der Waals surface area contributed by atoms with E-state index in [4.69, 9.17) is 4.42 Å². The number of carbonyl (C=O) groups excluding carboxylic acids is 2.